The first kappa shape index (κ1) is 18.7. The molecule has 1 aromatic rings. The third kappa shape index (κ3) is 6.11. The topological polar surface area (TPSA) is 87.5 Å². The molecule has 6 nitrogen and oxygen atoms in total. The average molecular weight is 353 g/mol. The summed E-state index contributed by atoms with van der Waals surface area (Å²) in [6.07, 6.45) is 1.78. The van der Waals surface area contributed by atoms with Crippen molar-refractivity contribution in [3.63, 3.8) is 0 Å². The van der Waals surface area contributed by atoms with Crippen molar-refractivity contribution in [3.05, 3.63) is 34.9 Å². The van der Waals surface area contributed by atoms with Crippen molar-refractivity contribution >= 4 is 23.4 Å². The van der Waals surface area contributed by atoms with Crippen LogP contribution in [0.15, 0.2) is 24.3 Å². The maximum absolute atomic E-state index is 12.1. The minimum atomic E-state index is -0.0608. The van der Waals surface area contributed by atoms with E-state index in [0.29, 0.717) is 37.7 Å². The van der Waals surface area contributed by atoms with Gasteiger partial charge in [-0.25, -0.2) is 0 Å². The lowest BCUT2D eigenvalue weighted by atomic mass is 9.97. The van der Waals surface area contributed by atoms with Gasteiger partial charge in [0.2, 0.25) is 11.8 Å². The highest BCUT2D eigenvalue weighted by Crippen LogP contribution is 2.16. The molecule has 1 aliphatic heterocycles. The van der Waals surface area contributed by atoms with Gasteiger partial charge in [0.15, 0.2) is 0 Å². The van der Waals surface area contributed by atoms with Gasteiger partial charge in [0.1, 0.15) is 0 Å². The van der Waals surface area contributed by atoms with Crippen LogP contribution in [0.25, 0.3) is 0 Å². The van der Waals surface area contributed by atoms with Crippen molar-refractivity contribution in [2.45, 2.75) is 19.4 Å². The molecule has 1 heterocycles. The van der Waals surface area contributed by atoms with Gasteiger partial charge < -0.3 is 16.4 Å². The highest BCUT2D eigenvalue weighted by Gasteiger charge is 2.26. The van der Waals surface area contributed by atoms with Crippen LogP contribution in [0.4, 0.5) is 0 Å². The number of benzene rings is 1. The molecule has 0 saturated carbocycles. The first-order valence-electron chi connectivity index (χ1n) is 8.29. The van der Waals surface area contributed by atoms with Gasteiger partial charge in [0, 0.05) is 31.2 Å². The van der Waals surface area contributed by atoms with E-state index in [-0.39, 0.29) is 17.7 Å². The molecule has 7 heteroatoms. The number of nitrogens with zero attached hydrogens (tertiary/aromatic N) is 1. The molecule has 0 aliphatic carbocycles. The molecule has 24 heavy (non-hydrogen) atoms. The molecule has 1 fully saturated rings. The van der Waals surface area contributed by atoms with Crippen LogP contribution >= 0.6 is 11.6 Å². The fourth-order valence-electron chi connectivity index (χ4n) is 2.81. The lowest BCUT2D eigenvalue weighted by Crippen LogP contribution is -2.47. The number of nitrogens with one attached hydrogen (secondary N) is 2. The van der Waals surface area contributed by atoms with Crippen LogP contribution in [-0.2, 0) is 16.1 Å². The molecule has 132 valence electrons. The van der Waals surface area contributed by atoms with Gasteiger partial charge in [-0.05, 0) is 37.1 Å². The SMILES string of the molecule is NCCNC(=O)C1CCCN(CC(=O)NCc2ccc(Cl)cc2)C1. The van der Waals surface area contributed by atoms with E-state index in [1.165, 1.54) is 0 Å². The Balaban J connectivity index is 1.74. The Morgan fingerprint density at radius 3 is 2.71 bits per heavy atom. The van der Waals surface area contributed by atoms with Crippen LogP contribution < -0.4 is 16.4 Å². The minimum Gasteiger partial charge on any atom is -0.355 e. The number of hydrogen-bond donors (Lipinski definition) is 3. The fraction of sp³-hybridized carbons (Fsp3) is 0.529. The van der Waals surface area contributed by atoms with Crippen LogP contribution in [0.2, 0.25) is 5.02 Å². The molecule has 0 spiro atoms. The molecule has 0 radical (unpaired) electrons. The lowest BCUT2D eigenvalue weighted by molar-refractivity contribution is -0.128. The number of nitrogens with two attached hydrogens (primary N) is 1. The summed E-state index contributed by atoms with van der Waals surface area (Å²) in [4.78, 5) is 26.2. The summed E-state index contributed by atoms with van der Waals surface area (Å²) < 4.78 is 0. The van der Waals surface area contributed by atoms with Crippen molar-refractivity contribution in [2.24, 2.45) is 11.7 Å². The van der Waals surface area contributed by atoms with E-state index in [1.807, 2.05) is 17.0 Å². The third-order valence-corrected chi connectivity index (χ3v) is 4.34. The summed E-state index contributed by atoms with van der Waals surface area (Å²) in [5.41, 5.74) is 6.41. The highest BCUT2D eigenvalue weighted by atomic mass is 35.5. The van der Waals surface area contributed by atoms with Crippen LogP contribution in [0, 0.1) is 5.92 Å². The molecule has 0 bridgehead atoms. The Morgan fingerprint density at radius 2 is 2.00 bits per heavy atom. The smallest absolute Gasteiger partial charge is 0.234 e. The van der Waals surface area contributed by atoms with E-state index in [9.17, 15) is 9.59 Å². The summed E-state index contributed by atoms with van der Waals surface area (Å²) in [5.74, 6) is -0.0611. The third-order valence-electron chi connectivity index (χ3n) is 4.09. The molecule has 1 aliphatic rings. The second kappa shape index (κ2) is 9.61. The van der Waals surface area contributed by atoms with Crippen molar-refractivity contribution in [2.75, 3.05) is 32.7 Å². The van der Waals surface area contributed by atoms with Gasteiger partial charge in [-0.2, -0.15) is 0 Å². The largest absolute Gasteiger partial charge is 0.355 e. The normalized spacial score (nSPS) is 18.2. The van der Waals surface area contributed by atoms with E-state index in [2.05, 4.69) is 10.6 Å². The second-order valence-corrected chi connectivity index (χ2v) is 6.49. The number of piperidine rings is 1. The Labute approximate surface area is 147 Å². The summed E-state index contributed by atoms with van der Waals surface area (Å²) in [6.45, 7) is 3.19. The molecule has 0 aromatic heterocycles. The molecule has 1 atom stereocenters. The lowest BCUT2D eigenvalue weighted by Gasteiger charge is -2.31. The predicted octanol–water partition coefficient (Wildman–Crippen LogP) is 0.743. The van der Waals surface area contributed by atoms with Crippen LogP contribution in [0.3, 0.4) is 0 Å². The number of likely N-dealkylation sites (tertiary alicyclic amines) is 1. The molecule has 4 N–H and O–H groups in total. The number of carbonyl (C=O) groups excluding carboxylic acids is 2. The van der Waals surface area contributed by atoms with Crippen molar-refractivity contribution in [3.8, 4) is 0 Å². The van der Waals surface area contributed by atoms with Crippen LogP contribution in [0.5, 0.6) is 0 Å². The molecule has 1 saturated heterocycles. The summed E-state index contributed by atoms with van der Waals surface area (Å²) in [5, 5.41) is 6.41. The molecule has 2 rings (SSSR count). The van der Waals surface area contributed by atoms with Gasteiger partial charge in [0.05, 0.1) is 12.5 Å². The number of rotatable bonds is 7. The zero-order chi connectivity index (χ0) is 17.4. The maximum atomic E-state index is 12.1. The zero-order valence-corrected chi connectivity index (χ0v) is 14.5. The Hall–Kier alpha value is -1.63. The molecular formula is C17H25ClN4O2. The van der Waals surface area contributed by atoms with E-state index >= 15 is 0 Å². The van der Waals surface area contributed by atoms with Gasteiger partial charge in [-0.15, -0.1) is 0 Å². The van der Waals surface area contributed by atoms with E-state index in [4.69, 9.17) is 17.3 Å². The van der Waals surface area contributed by atoms with Crippen molar-refractivity contribution < 1.29 is 9.59 Å². The molecular weight excluding hydrogens is 328 g/mol. The van der Waals surface area contributed by atoms with Crippen molar-refractivity contribution in [1.29, 1.82) is 0 Å². The number of amides is 2. The Kier molecular flexibility index (Phi) is 7.49. The summed E-state index contributed by atoms with van der Waals surface area (Å²) >= 11 is 5.84. The molecule has 1 aromatic carbocycles. The minimum absolute atomic E-state index is 0.0340. The Morgan fingerprint density at radius 1 is 1.25 bits per heavy atom. The van der Waals surface area contributed by atoms with E-state index in [1.54, 1.807) is 12.1 Å². The van der Waals surface area contributed by atoms with Crippen molar-refractivity contribution in [1.82, 2.24) is 15.5 Å². The van der Waals surface area contributed by atoms with Gasteiger partial charge >= 0.3 is 0 Å². The van der Waals surface area contributed by atoms with Crippen LogP contribution in [0.1, 0.15) is 18.4 Å². The fourth-order valence-corrected chi connectivity index (χ4v) is 2.94. The predicted molar refractivity (Wildman–Crippen MR) is 94.5 cm³/mol. The molecule has 2 amide bonds. The monoisotopic (exact) mass is 352 g/mol. The first-order valence-corrected chi connectivity index (χ1v) is 8.67. The highest BCUT2D eigenvalue weighted by molar-refractivity contribution is 6.30. The zero-order valence-electron chi connectivity index (χ0n) is 13.8. The van der Waals surface area contributed by atoms with Gasteiger partial charge in [0.25, 0.3) is 0 Å². The summed E-state index contributed by atoms with van der Waals surface area (Å²) in [7, 11) is 0. The standard InChI is InChI=1S/C17H25ClN4O2/c18-15-5-3-13(4-6-15)10-21-16(23)12-22-9-1-2-14(11-22)17(24)20-8-7-19/h3-6,14H,1-2,7-12,19H2,(H,20,24)(H,21,23). The molecule has 1 unspecified atom stereocenters. The van der Waals surface area contributed by atoms with Gasteiger partial charge in [-0.1, -0.05) is 23.7 Å². The summed E-state index contributed by atoms with van der Waals surface area (Å²) in [6, 6.07) is 7.39. The Bertz CT molecular complexity index is 550. The van der Waals surface area contributed by atoms with Crippen LogP contribution in [-0.4, -0.2) is 49.4 Å². The van der Waals surface area contributed by atoms with E-state index in [0.717, 1.165) is 24.9 Å². The average Bonchev–Trinajstić information content (AvgIpc) is 2.59. The maximum Gasteiger partial charge on any atom is 0.234 e. The first-order chi connectivity index (χ1) is 11.6. The quantitative estimate of drug-likeness (QED) is 0.675. The number of halogens is 1. The second-order valence-electron chi connectivity index (χ2n) is 6.06. The van der Waals surface area contributed by atoms with E-state index < -0.39 is 0 Å². The van der Waals surface area contributed by atoms with Gasteiger partial charge in [-0.3, -0.25) is 14.5 Å². The number of carbonyl (C=O) groups is 2. The number of hydrogen-bond acceptors (Lipinski definition) is 4.